The molecule has 2 aromatic heterocycles. The monoisotopic (exact) mass is 330 g/mol. The van der Waals surface area contributed by atoms with E-state index in [1.807, 2.05) is 66.7 Å². The zero-order valence-electron chi connectivity index (χ0n) is 13.1. The van der Waals surface area contributed by atoms with Gasteiger partial charge in [0.25, 0.3) is 5.56 Å². The highest BCUT2D eigenvalue weighted by Gasteiger charge is 2.13. The summed E-state index contributed by atoms with van der Waals surface area (Å²) >= 11 is 0. The van der Waals surface area contributed by atoms with Crippen LogP contribution in [0.1, 0.15) is 11.4 Å². The second kappa shape index (κ2) is 6.09. The van der Waals surface area contributed by atoms with Crippen molar-refractivity contribution in [2.45, 2.75) is 0 Å². The Kier molecular flexibility index (Phi) is 3.63. The largest absolute Gasteiger partial charge is 0.325 e. The van der Waals surface area contributed by atoms with Crippen LogP contribution in [0.4, 0.5) is 0 Å². The van der Waals surface area contributed by atoms with Crippen molar-refractivity contribution in [3.63, 3.8) is 0 Å². The fourth-order valence-electron chi connectivity index (χ4n) is 2.71. The molecule has 0 saturated heterocycles. The fraction of sp³-hybridized carbons (Fsp3) is 0. The van der Waals surface area contributed by atoms with Crippen molar-refractivity contribution in [3.05, 3.63) is 93.0 Å². The SMILES string of the molecule is O=c1[nH]cc(-n2c(/C=C/c3ccccc3)nc3ccccc32)c(=O)[nH]1. The van der Waals surface area contributed by atoms with Crippen molar-refractivity contribution in [3.8, 4) is 5.69 Å². The lowest BCUT2D eigenvalue weighted by Gasteiger charge is -2.05. The van der Waals surface area contributed by atoms with Crippen LogP contribution in [0.2, 0.25) is 0 Å². The first kappa shape index (κ1) is 14.9. The average Bonchev–Trinajstić information content (AvgIpc) is 2.99. The maximum Gasteiger partial charge on any atom is 0.325 e. The summed E-state index contributed by atoms with van der Waals surface area (Å²) in [5, 5.41) is 0. The van der Waals surface area contributed by atoms with E-state index in [1.54, 1.807) is 4.57 Å². The zero-order chi connectivity index (χ0) is 17.2. The maximum absolute atomic E-state index is 12.3. The molecule has 4 aromatic rings. The number of hydrogen-bond acceptors (Lipinski definition) is 3. The van der Waals surface area contributed by atoms with Crippen LogP contribution in [0.5, 0.6) is 0 Å². The second-order valence-electron chi connectivity index (χ2n) is 5.50. The molecular formula is C19H14N4O2. The molecule has 122 valence electrons. The summed E-state index contributed by atoms with van der Waals surface area (Å²) < 4.78 is 1.73. The number of rotatable bonds is 3. The van der Waals surface area contributed by atoms with Gasteiger partial charge in [0.05, 0.1) is 11.0 Å². The summed E-state index contributed by atoms with van der Waals surface area (Å²) in [5.74, 6) is 0.600. The number of nitrogens with zero attached hydrogens (tertiary/aromatic N) is 2. The van der Waals surface area contributed by atoms with Crippen molar-refractivity contribution in [1.29, 1.82) is 0 Å². The second-order valence-corrected chi connectivity index (χ2v) is 5.50. The summed E-state index contributed by atoms with van der Waals surface area (Å²) in [4.78, 5) is 32.9. The standard InChI is InChI=1S/C19H14N4O2/c24-18-16(12-20-19(25)22-18)23-15-9-5-4-8-14(15)21-17(23)11-10-13-6-2-1-3-7-13/h1-12H,(H2,20,22,24,25)/b11-10+. The third-order valence-corrected chi connectivity index (χ3v) is 3.85. The van der Waals surface area contributed by atoms with Gasteiger partial charge >= 0.3 is 5.69 Å². The van der Waals surface area contributed by atoms with E-state index in [-0.39, 0.29) is 0 Å². The highest BCUT2D eigenvalue weighted by atomic mass is 16.2. The molecule has 2 N–H and O–H groups in total. The quantitative estimate of drug-likeness (QED) is 0.605. The first-order chi connectivity index (χ1) is 12.2. The molecule has 6 heteroatoms. The number of hydrogen-bond donors (Lipinski definition) is 2. The molecule has 0 saturated carbocycles. The van der Waals surface area contributed by atoms with Crippen molar-refractivity contribution in [2.75, 3.05) is 0 Å². The molecule has 6 nitrogen and oxygen atoms in total. The van der Waals surface area contributed by atoms with Gasteiger partial charge in [-0.3, -0.25) is 14.3 Å². The summed E-state index contributed by atoms with van der Waals surface area (Å²) in [6, 6.07) is 17.4. The van der Waals surface area contributed by atoms with E-state index in [0.717, 1.165) is 16.6 Å². The molecule has 25 heavy (non-hydrogen) atoms. The Morgan fingerprint density at radius 1 is 0.920 bits per heavy atom. The normalized spacial score (nSPS) is 11.4. The molecule has 0 fully saturated rings. The van der Waals surface area contributed by atoms with E-state index in [1.165, 1.54) is 6.20 Å². The Balaban J connectivity index is 1.94. The molecular weight excluding hydrogens is 316 g/mol. The van der Waals surface area contributed by atoms with E-state index in [4.69, 9.17) is 0 Å². The van der Waals surface area contributed by atoms with Gasteiger partial charge in [-0.05, 0) is 23.8 Å². The third kappa shape index (κ3) is 2.81. The molecule has 2 heterocycles. The minimum absolute atomic E-state index is 0.306. The van der Waals surface area contributed by atoms with E-state index in [0.29, 0.717) is 11.5 Å². The molecule has 0 aliphatic rings. The molecule has 0 amide bonds. The van der Waals surface area contributed by atoms with Crippen molar-refractivity contribution in [1.82, 2.24) is 19.5 Å². The van der Waals surface area contributed by atoms with Gasteiger partial charge in [0.2, 0.25) is 0 Å². The maximum atomic E-state index is 12.3. The number of aromatic nitrogens is 4. The number of nitrogens with one attached hydrogen (secondary N) is 2. The minimum Gasteiger partial charge on any atom is -0.312 e. The smallest absolute Gasteiger partial charge is 0.312 e. The molecule has 0 bridgehead atoms. The molecule has 0 atom stereocenters. The van der Waals surface area contributed by atoms with Crippen LogP contribution in [0.25, 0.3) is 28.9 Å². The number of H-pyrrole nitrogens is 2. The van der Waals surface area contributed by atoms with Gasteiger partial charge in [0, 0.05) is 6.20 Å². The predicted molar refractivity (Wildman–Crippen MR) is 97.7 cm³/mol. The van der Waals surface area contributed by atoms with Crippen LogP contribution in [-0.4, -0.2) is 19.5 Å². The zero-order valence-corrected chi connectivity index (χ0v) is 13.1. The first-order valence-electron chi connectivity index (χ1n) is 7.75. The number of imidazole rings is 1. The lowest BCUT2D eigenvalue weighted by atomic mass is 10.2. The predicted octanol–water partition coefficient (Wildman–Crippen LogP) is 2.57. The molecule has 0 spiro atoms. The van der Waals surface area contributed by atoms with E-state index < -0.39 is 11.2 Å². The Hall–Kier alpha value is -3.67. The lowest BCUT2D eigenvalue weighted by Crippen LogP contribution is -2.25. The van der Waals surface area contributed by atoms with Gasteiger partial charge < -0.3 is 4.98 Å². The van der Waals surface area contributed by atoms with Crippen molar-refractivity contribution >= 4 is 23.2 Å². The molecule has 2 aromatic carbocycles. The van der Waals surface area contributed by atoms with Gasteiger partial charge in [0.1, 0.15) is 11.5 Å². The van der Waals surface area contributed by atoms with Crippen LogP contribution in [-0.2, 0) is 0 Å². The Labute approximate surface area is 142 Å². The van der Waals surface area contributed by atoms with Crippen LogP contribution >= 0.6 is 0 Å². The number of aromatic amines is 2. The van der Waals surface area contributed by atoms with E-state index in [9.17, 15) is 9.59 Å². The Morgan fingerprint density at radius 2 is 1.68 bits per heavy atom. The summed E-state index contributed by atoms with van der Waals surface area (Å²) in [6.45, 7) is 0. The van der Waals surface area contributed by atoms with E-state index in [2.05, 4.69) is 15.0 Å². The summed E-state index contributed by atoms with van der Waals surface area (Å²) in [7, 11) is 0. The van der Waals surface area contributed by atoms with Gasteiger partial charge in [-0.25, -0.2) is 9.78 Å². The molecule has 4 rings (SSSR count). The molecule has 0 radical (unpaired) electrons. The van der Waals surface area contributed by atoms with Crippen molar-refractivity contribution < 1.29 is 0 Å². The minimum atomic E-state index is -0.542. The van der Waals surface area contributed by atoms with Gasteiger partial charge in [-0.15, -0.1) is 0 Å². The summed E-state index contributed by atoms with van der Waals surface area (Å²) in [6.07, 6.45) is 5.17. The topological polar surface area (TPSA) is 83.5 Å². The Morgan fingerprint density at radius 3 is 2.48 bits per heavy atom. The molecule has 0 aliphatic heterocycles. The summed E-state index contributed by atoms with van der Waals surface area (Å²) in [5.41, 5.74) is 1.87. The highest BCUT2D eigenvalue weighted by molar-refractivity contribution is 5.82. The Bertz CT molecular complexity index is 1180. The van der Waals surface area contributed by atoms with E-state index >= 15 is 0 Å². The van der Waals surface area contributed by atoms with Crippen LogP contribution in [0, 0.1) is 0 Å². The number of para-hydroxylation sites is 2. The molecule has 0 unspecified atom stereocenters. The highest BCUT2D eigenvalue weighted by Crippen LogP contribution is 2.20. The fourth-order valence-corrected chi connectivity index (χ4v) is 2.71. The van der Waals surface area contributed by atoms with Crippen LogP contribution in [0.3, 0.4) is 0 Å². The number of fused-ring (bicyclic) bond motifs is 1. The van der Waals surface area contributed by atoms with Gasteiger partial charge in [-0.1, -0.05) is 48.5 Å². The van der Waals surface area contributed by atoms with Crippen LogP contribution in [0.15, 0.2) is 70.4 Å². The van der Waals surface area contributed by atoms with Crippen LogP contribution < -0.4 is 11.2 Å². The van der Waals surface area contributed by atoms with Gasteiger partial charge in [-0.2, -0.15) is 0 Å². The van der Waals surface area contributed by atoms with Crippen molar-refractivity contribution in [2.24, 2.45) is 0 Å². The third-order valence-electron chi connectivity index (χ3n) is 3.85. The first-order valence-corrected chi connectivity index (χ1v) is 7.75. The molecule has 0 aliphatic carbocycles. The van der Waals surface area contributed by atoms with Gasteiger partial charge in [0.15, 0.2) is 0 Å². The lowest BCUT2D eigenvalue weighted by molar-refractivity contribution is 0.955. The average molecular weight is 330 g/mol. The number of benzene rings is 2.